The molecule has 0 unspecified atom stereocenters. The van der Waals surface area contributed by atoms with Crippen LogP contribution in [0.15, 0.2) is 66.7 Å². The minimum absolute atomic E-state index is 0.152. The van der Waals surface area contributed by atoms with Crippen molar-refractivity contribution in [3.8, 4) is 0 Å². The van der Waals surface area contributed by atoms with Gasteiger partial charge in [0, 0.05) is 11.1 Å². The molecular formula is C27H25NO3. The van der Waals surface area contributed by atoms with E-state index in [2.05, 4.69) is 6.07 Å². The van der Waals surface area contributed by atoms with Crippen molar-refractivity contribution in [2.24, 2.45) is 5.92 Å². The Morgan fingerprint density at radius 1 is 1.00 bits per heavy atom. The standard InChI is InChI=1S/C27H25NO3/c1-17-11-12-18(2)20(15-17)16-28-24-10-6-5-9-22(24)27(31,26(28)30)23-14-13-19-7-3-4-8-21(19)25(23)29/h3-12,15,23,31H,13-14,16H2,1-2H3/t23-,27-/m0/s1. The quantitative estimate of drug-likeness (QED) is 0.691. The molecule has 4 heteroatoms. The number of carbonyl (C=O) groups excluding carboxylic acids is 2. The fraction of sp³-hybridized carbons (Fsp3) is 0.259. The van der Waals surface area contributed by atoms with E-state index in [-0.39, 0.29) is 5.78 Å². The van der Waals surface area contributed by atoms with Crippen molar-refractivity contribution in [3.63, 3.8) is 0 Å². The second-order valence-electron chi connectivity index (χ2n) is 8.72. The molecule has 3 aromatic rings. The minimum atomic E-state index is -1.85. The molecule has 1 amide bonds. The first-order valence-corrected chi connectivity index (χ1v) is 10.7. The summed E-state index contributed by atoms with van der Waals surface area (Å²) < 4.78 is 0. The van der Waals surface area contributed by atoms with Crippen LogP contribution >= 0.6 is 0 Å². The van der Waals surface area contributed by atoms with Gasteiger partial charge in [0.05, 0.1) is 18.2 Å². The Labute approximate surface area is 182 Å². The number of aryl methyl sites for hydroxylation is 3. The van der Waals surface area contributed by atoms with E-state index in [0.29, 0.717) is 36.2 Å². The summed E-state index contributed by atoms with van der Waals surface area (Å²) in [7, 11) is 0. The van der Waals surface area contributed by atoms with Crippen molar-refractivity contribution in [1.82, 2.24) is 0 Å². The Hall–Kier alpha value is -3.24. The molecule has 2 atom stereocenters. The second kappa shape index (κ2) is 7.17. The number of aliphatic hydroxyl groups is 1. The zero-order valence-corrected chi connectivity index (χ0v) is 17.8. The number of amides is 1. The Kier molecular flexibility index (Phi) is 4.56. The SMILES string of the molecule is Cc1ccc(C)c(CN2C(=O)[C@@](O)([C@H]3CCc4ccccc4C3=O)c3ccccc32)c1. The summed E-state index contributed by atoms with van der Waals surface area (Å²) >= 11 is 0. The highest BCUT2D eigenvalue weighted by atomic mass is 16.3. The van der Waals surface area contributed by atoms with Crippen LogP contribution in [0, 0.1) is 19.8 Å². The van der Waals surface area contributed by atoms with Gasteiger partial charge in [0.1, 0.15) is 0 Å². The first-order chi connectivity index (χ1) is 14.9. The maximum atomic E-state index is 13.8. The molecular weight excluding hydrogens is 386 g/mol. The monoisotopic (exact) mass is 411 g/mol. The third-order valence-corrected chi connectivity index (χ3v) is 6.82. The molecule has 156 valence electrons. The maximum Gasteiger partial charge on any atom is 0.264 e. The van der Waals surface area contributed by atoms with E-state index >= 15 is 0 Å². The average Bonchev–Trinajstić information content (AvgIpc) is 2.99. The molecule has 3 aromatic carbocycles. The lowest BCUT2D eigenvalue weighted by Crippen LogP contribution is -2.49. The Morgan fingerprint density at radius 2 is 1.74 bits per heavy atom. The van der Waals surface area contributed by atoms with E-state index in [1.165, 1.54) is 0 Å². The summed E-state index contributed by atoms with van der Waals surface area (Å²) in [5.41, 5.74) is 4.21. The normalized spacial score (nSPS) is 22.4. The van der Waals surface area contributed by atoms with Crippen LogP contribution in [-0.2, 0) is 23.4 Å². The molecule has 0 spiro atoms. The van der Waals surface area contributed by atoms with Crippen LogP contribution in [0.5, 0.6) is 0 Å². The summed E-state index contributed by atoms with van der Waals surface area (Å²) in [6.07, 6.45) is 1.12. The van der Waals surface area contributed by atoms with Gasteiger partial charge in [-0.3, -0.25) is 9.59 Å². The number of Topliss-reactive ketones (excluding diaryl/α,β-unsaturated/α-hetero) is 1. The van der Waals surface area contributed by atoms with Gasteiger partial charge in [-0.25, -0.2) is 0 Å². The molecule has 0 saturated carbocycles. The molecule has 0 fully saturated rings. The lowest BCUT2D eigenvalue weighted by Gasteiger charge is -2.34. The fourth-order valence-electron chi connectivity index (χ4n) is 5.09. The van der Waals surface area contributed by atoms with Crippen LogP contribution in [-0.4, -0.2) is 16.8 Å². The molecule has 4 nitrogen and oxygen atoms in total. The number of para-hydroxylation sites is 1. The first kappa shape index (κ1) is 19.7. The van der Waals surface area contributed by atoms with Crippen LogP contribution in [0.2, 0.25) is 0 Å². The molecule has 2 aliphatic rings. The van der Waals surface area contributed by atoms with Gasteiger partial charge in [0.25, 0.3) is 5.91 Å². The fourth-order valence-corrected chi connectivity index (χ4v) is 5.09. The average molecular weight is 412 g/mol. The predicted molar refractivity (Wildman–Crippen MR) is 120 cm³/mol. The van der Waals surface area contributed by atoms with E-state index < -0.39 is 17.4 Å². The minimum Gasteiger partial charge on any atom is -0.375 e. The molecule has 1 aliphatic carbocycles. The van der Waals surface area contributed by atoms with E-state index in [4.69, 9.17) is 0 Å². The lowest BCUT2D eigenvalue weighted by molar-refractivity contribution is -0.140. The molecule has 0 bridgehead atoms. The van der Waals surface area contributed by atoms with Crippen LogP contribution < -0.4 is 4.90 Å². The lowest BCUT2D eigenvalue weighted by atomic mass is 9.71. The summed E-state index contributed by atoms with van der Waals surface area (Å²) in [5, 5.41) is 11.9. The molecule has 5 rings (SSSR count). The summed E-state index contributed by atoms with van der Waals surface area (Å²) in [5.74, 6) is -1.35. The third kappa shape index (κ3) is 2.94. The molecule has 1 aliphatic heterocycles. The Balaban J connectivity index is 1.58. The molecule has 31 heavy (non-hydrogen) atoms. The Bertz CT molecular complexity index is 1210. The van der Waals surface area contributed by atoms with Crippen molar-refractivity contribution in [2.45, 2.75) is 38.8 Å². The van der Waals surface area contributed by atoms with E-state index in [1.807, 2.05) is 62.4 Å². The smallest absolute Gasteiger partial charge is 0.264 e. The number of ketones is 1. The molecule has 1 N–H and O–H groups in total. The van der Waals surface area contributed by atoms with E-state index in [9.17, 15) is 14.7 Å². The second-order valence-corrected chi connectivity index (χ2v) is 8.72. The molecule has 0 radical (unpaired) electrons. The molecule has 1 heterocycles. The highest BCUT2D eigenvalue weighted by Crippen LogP contribution is 2.48. The van der Waals surface area contributed by atoms with Gasteiger partial charge >= 0.3 is 0 Å². The molecule has 0 aromatic heterocycles. The van der Waals surface area contributed by atoms with Crippen molar-refractivity contribution in [2.75, 3.05) is 4.90 Å². The summed E-state index contributed by atoms with van der Waals surface area (Å²) in [6.45, 7) is 4.41. The van der Waals surface area contributed by atoms with Gasteiger partial charge in [-0.15, -0.1) is 0 Å². The van der Waals surface area contributed by atoms with E-state index in [1.54, 1.807) is 17.0 Å². The number of benzene rings is 3. The van der Waals surface area contributed by atoms with Gasteiger partial charge in [-0.2, -0.15) is 0 Å². The van der Waals surface area contributed by atoms with Crippen molar-refractivity contribution < 1.29 is 14.7 Å². The number of nitrogens with zero attached hydrogens (tertiary/aromatic N) is 1. The number of carbonyl (C=O) groups is 2. The number of anilines is 1. The van der Waals surface area contributed by atoms with Crippen LogP contribution in [0.3, 0.4) is 0 Å². The number of hydrogen-bond acceptors (Lipinski definition) is 3. The maximum absolute atomic E-state index is 13.8. The molecule has 0 saturated heterocycles. The van der Waals surface area contributed by atoms with Gasteiger partial charge in [0.15, 0.2) is 11.4 Å². The van der Waals surface area contributed by atoms with Gasteiger partial charge < -0.3 is 10.0 Å². The zero-order valence-electron chi connectivity index (χ0n) is 17.8. The van der Waals surface area contributed by atoms with E-state index in [0.717, 1.165) is 22.3 Å². The van der Waals surface area contributed by atoms with Gasteiger partial charge in [0.2, 0.25) is 0 Å². The number of fused-ring (bicyclic) bond motifs is 2. The van der Waals surface area contributed by atoms with Crippen molar-refractivity contribution in [1.29, 1.82) is 0 Å². The Morgan fingerprint density at radius 3 is 2.58 bits per heavy atom. The topological polar surface area (TPSA) is 57.6 Å². The highest BCUT2D eigenvalue weighted by molar-refractivity contribution is 6.12. The van der Waals surface area contributed by atoms with Crippen LogP contribution in [0.1, 0.15) is 44.6 Å². The third-order valence-electron chi connectivity index (χ3n) is 6.82. The number of hydrogen-bond donors (Lipinski definition) is 1. The van der Waals surface area contributed by atoms with Gasteiger partial charge in [-0.1, -0.05) is 66.2 Å². The first-order valence-electron chi connectivity index (χ1n) is 10.7. The van der Waals surface area contributed by atoms with Crippen molar-refractivity contribution in [3.05, 3.63) is 100 Å². The summed E-state index contributed by atoms with van der Waals surface area (Å²) in [6, 6.07) is 21.0. The van der Waals surface area contributed by atoms with Crippen LogP contribution in [0.25, 0.3) is 0 Å². The van der Waals surface area contributed by atoms with Crippen molar-refractivity contribution >= 4 is 17.4 Å². The highest BCUT2D eigenvalue weighted by Gasteiger charge is 2.57. The van der Waals surface area contributed by atoms with Gasteiger partial charge in [-0.05, 0) is 49.4 Å². The van der Waals surface area contributed by atoms with Crippen LogP contribution in [0.4, 0.5) is 5.69 Å². The summed E-state index contributed by atoms with van der Waals surface area (Å²) in [4.78, 5) is 28.8. The predicted octanol–water partition coefficient (Wildman–Crippen LogP) is 4.48. The zero-order chi connectivity index (χ0) is 21.8. The number of rotatable bonds is 3. The largest absolute Gasteiger partial charge is 0.375 e.